The fraction of sp³-hybridized carbons (Fsp3) is 0.556. The molecule has 2 aliphatic rings. The Balaban J connectivity index is 1.51. The van der Waals surface area contributed by atoms with Crippen molar-refractivity contribution in [3.8, 4) is 11.5 Å². The summed E-state index contributed by atoms with van der Waals surface area (Å²) in [6, 6.07) is 5.49. The Bertz CT molecular complexity index is 653. The van der Waals surface area contributed by atoms with Crippen molar-refractivity contribution in [2.24, 2.45) is 5.41 Å². The highest BCUT2D eigenvalue weighted by molar-refractivity contribution is 6.04. The minimum Gasteiger partial charge on any atom is -0.454 e. The van der Waals surface area contributed by atoms with Crippen molar-refractivity contribution in [2.75, 3.05) is 19.9 Å². The van der Waals surface area contributed by atoms with Crippen LogP contribution in [0.3, 0.4) is 0 Å². The molecule has 0 aliphatic carbocycles. The highest BCUT2D eigenvalue weighted by Gasteiger charge is 2.36. The van der Waals surface area contributed by atoms with Gasteiger partial charge in [-0.25, -0.2) is 0 Å². The van der Waals surface area contributed by atoms with Crippen LogP contribution in [0.1, 0.15) is 32.3 Å². The second-order valence-corrected chi connectivity index (χ2v) is 6.84. The van der Waals surface area contributed by atoms with Gasteiger partial charge < -0.3 is 24.8 Å². The largest absolute Gasteiger partial charge is 0.454 e. The molecule has 2 N–H and O–H groups in total. The number of benzene rings is 1. The van der Waals surface area contributed by atoms with E-state index >= 15 is 0 Å². The first kappa shape index (κ1) is 17.5. The summed E-state index contributed by atoms with van der Waals surface area (Å²) >= 11 is 0. The first-order valence-corrected chi connectivity index (χ1v) is 8.53. The maximum atomic E-state index is 12.5. The molecule has 0 radical (unpaired) electrons. The van der Waals surface area contributed by atoms with Crippen molar-refractivity contribution in [3.05, 3.63) is 23.8 Å². The molecular weight excluding hydrogens is 324 g/mol. The van der Waals surface area contributed by atoms with E-state index in [1.807, 2.05) is 18.2 Å². The zero-order chi connectivity index (χ0) is 17.9. The van der Waals surface area contributed by atoms with E-state index < -0.39 is 5.41 Å². The Morgan fingerprint density at radius 2 is 1.92 bits per heavy atom. The third-order valence-corrected chi connectivity index (χ3v) is 4.54. The van der Waals surface area contributed by atoms with Crippen LogP contribution in [0.4, 0.5) is 0 Å². The van der Waals surface area contributed by atoms with Crippen molar-refractivity contribution in [2.45, 2.75) is 39.3 Å². The molecule has 0 bridgehead atoms. The van der Waals surface area contributed by atoms with Crippen LogP contribution < -0.4 is 20.1 Å². The minimum atomic E-state index is -1.16. The molecule has 1 aromatic carbocycles. The number of ether oxygens (including phenoxy) is 3. The SMILES string of the molecule is CC(C)(C(=O)NCc1ccc2c(c1)OCO2)C(=O)NCC1CCCO1. The van der Waals surface area contributed by atoms with Gasteiger partial charge in [0.2, 0.25) is 18.6 Å². The summed E-state index contributed by atoms with van der Waals surface area (Å²) in [6.07, 6.45) is 2.01. The summed E-state index contributed by atoms with van der Waals surface area (Å²) in [5, 5.41) is 5.63. The topological polar surface area (TPSA) is 85.9 Å². The zero-order valence-corrected chi connectivity index (χ0v) is 14.6. The summed E-state index contributed by atoms with van der Waals surface area (Å²) in [5.41, 5.74) is -0.275. The monoisotopic (exact) mass is 348 g/mol. The van der Waals surface area contributed by atoms with Crippen LogP contribution in [0.25, 0.3) is 0 Å². The number of rotatable bonds is 6. The Morgan fingerprint density at radius 1 is 1.16 bits per heavy atom. The number of amides is 2. The molecule has 3 rings (SSSR count). The molecule has 2 amide bonds. The molecular formula is C18H24N2O5. The second-order valence-electron chi connectivity index (χ2n) is 6.84. The summed E-state index contributed by atoms with van der Waals surface area (Å²) in [6.45, 7) is 4.94. The van der Waals surface area contributed by atoms with Crippen LogP contribution in [-0.2, 0) is 20.9 Å². The van der Waals surface area contributed by atoms with E-state index in [0.717, 1.165) is 25.0 Å². The van der Waals surface area contributed by atoms with Crippen LogP contribution >= 0.6 is 0 Å². The number of fused-ring (bicyclic) bond motifs is 1. The fourth-order valence-corrected chi connectivity index (χ4v) is 2.79. The third kappa shape index (κ3) is 4.04. The summed E-state index contributed by atoms with van der Waals surface area (Å²) in [7, 11) is 0. The second kappa shape index (κ2) is 7.31. The number of hydrogen-bond donors (Lipinski definition) is 2. The van der Waals surface area contributed by atoms with Crippen molar-refractivity contribution in [1.82, 2.24) is 10.6 Å². The molecule has 136 valence electrons. The Morgan fingerprint density at radius 3 is 2.68 bits per heavy atom. The molecule has 2 heterocycles. The van der Waals surface area contributed by atoms with Crippen LogP contribution in [0.15, 0.2) is 18.2 Å². The minimum absolute atomic E-state index is 0.0523. The highest BCUT2D eigenvalue weighted by atomic mass is 16.7. The van der Waals surface area contributed by atoms with Crippen LogP contribution in [0.5, 0.6) is 11.5 Å². The Labute approximate surface area is 147 Å². The van der Waals surface area contributed by atoms with Gasteiger partial charge in [0.05, 0.1) is 6.10 Å². The Hall–Kier alpha value is -2.28. The molecule has 7 heteroatoms. The zero-order valence-electron chi connectivity index (χ0n) is 14.6. The van der Waals surface area contributed by atoms with E-state index in [4.69, 9.17) is 14.2 Å². The lowest BCUT2D eigenvalue weighted by molar-refractivity contribution is -0.141. The van der Waals surface area contributed by atoms with Gasteiger partial charge in [0.25, 0.3) is 0 Å². The molecule has 1 fully saturated rings. The number of nitrogens with one attached hydrogen (secondary N) is 2. The van der Waals surface area contributed by atoms with E-state index in [-0.39, 0.29) is 24.7 Å². The van der Waals surface area contributed by atoms with Gasteiger partial charge in [-0.1, -0.05) is 6.07 Å². The third-order valence-electron chi connectivity index (χ3n) is 4.54. The molecule has 2 aliphatic heterocycles. The lowest BCUT2D eigenvalue weighted by atomic mass is 9.91. The number of carbonyl (C=O) groups excluding carboxylic acids is 2. The van der Waals surface area contributed by atoms with E-state index in [1.54, 1.807) is 13.8 Å². The first-order chi connectivity index (χ1) is 12.0. The van der Waals surface area contributed by atoms with E-state index in [2.05, 4.69) is 10.6 Å². The summed E-state index contributed by atoms with van der Waals surface area (Å²) in [5.74, 6) is 0.741. The van der Waals surface area contributed by atoms with Crippen LogP contribution in [-0.4, -0.2) is 37.9 Å². The predicted molar refractivity (Wildman–Crippen MR) is 90.2 cm³/mol. The highest BCUT2D eigenvalue weighted by Crippen LogP contribution is 2.32. The first-order valence-electron chi connectivity index (χ1n) is 8.53. The predicted octanol–water partition coefficient (Wildman–Crippen LogP) is 1.35. The molecule has 0 spiro atoms. The average Bonchev–Trinajstić information content (AvgIpc) is 3.28. The van der Waals surface area contributed by atoms with E-state index in [9.17, 15) is 9.59 Å². The molecule has 0 aromatic heterocycles. The molecule has 1 saturated heterocycles. The maximum Gasteiger partial charge on any atom is 0.235 e. The number of carbonyl (C=O) groups is 2. The van der Waals surface area contributed by atoms with E-state index in [1.165, 1.54) is 0 Å². The molecule has 7 nitrogen and oxygen atoms in total. The molecule has 0 saturated carbocycles. The van der Waals surface area contributed by atoms with Gasteiger partial charge in [0.1, 0.15) is 5.41 Å². The molecule has 1 aromatic rings. The molecule has 25 heavy (non-hydrogen) atoms. The van der Waals surface area contributed by atoms with Gasteiger partial charge in [-0.2, -0.15) is 0 Å². The average molecular weight is 348 g/mol. The van der Waals surface area contributed by atoms with Crippen molar-refractivity contribution in [1.29, 1.82) is 0 Å². The fourth-order valence-electron chi connectivity index (χ4n) is 2.79. The van der Waals surface area contributed by atoms with E-state index in [0.29, 0.717) is 24.6 Å². The van der Waals surface area contributed by atoms with Crippen molar-refractivity contribution < 1.29 is 23.8 Å². The Kier molecular flexibility index (Phi) is 5.13. The van der Waals surface area contributed by atoms with Gasteiger partial charge >= 0.3 is 0 Å². The van der Waals surface area contributed by atoms with Crippen molar-refractivity contribution >= 4 is 11.8 Å². The summed E-state index contributed by atoms with van der Waals surface area (Å²) < 4.78 is 16.1. The lowest BCUT2D eigenvalue weighted by Gasteiger charge is -2.23. The molecule has 1 atom stereocenters. The van der Waals surface area contributed by atoms with Crippen molar-refractivity contribution in [3.63, 3.8) is 0 Å². The van der Waals surface area contributed by atoms with Gasteiger partial charge in [-0.3, -0.25) is 9.59 Å². The quantitative estimate of drug-likeness (QED) is 0.758. The van der Waals surface area contributed by atoms with Gasteiger partial charge in [0, 0.05) is 19.7 Å². The van der Waals surface area contributed by atoms with Crippen LogP contribution in [0.2, 0.25) is 0 Å². The normalized spacial score (nSPS) is 18.9. The number of hydrogen-bond acceptors (Lipinski definition) is 5. The molecule has 1 unspecified atom stereocenters. The lowest BCUT2D eigenvalue weighted by Crippen LogP contribution is -2.49. The summed E-state index contributed by atoms with van der Waals surface area (Å²) in [4.78, 5) is 24.8. The van der Waals surface area contributed by atoms with Gasteiger partial charge in [-0.15, -0.1) is 0 Å². The van der Waals surface area contributed by atoms with Gasteiger partial charge in [0.15, 0.2) is 11.5 Å². The van der Waals surface area contributed by atoms with Crippen LogP contribution in [0, 0.1) is 5.41 Å². The smallest absolute Gasteiger partial charge is 0.235 e. The van der Waals surface area contributed by atoms with Gasteiger partial charge in [-0.05, 0) is 44.4 Å². The maximum absolute atomic E-state index is 12.5. The standard InChI is InChI=1S/C18H24N2O5/c1-18(2,17(22)20-10-13-4-3-7-23-13)16(21)19-9-12-5-6-14-15(8-12)25-11-24-14/h5-6,8,13H,3-4,7,9-11H2,1-2H3,(H,19,21)(H,20,22).